The van der Waals surface area contributed by atoms with E-state index in [1.807, 2.05) is 13.0 Å². The van der Waals surface area contributed by atoms with Crippen LogP contribution in [0.2, 0.25) is 0 Å². The summed E-state index contributed by atoms with van der Waals surface area (Å²) >= 11 is 0. The number of ether oxygens (including phenoxy) is 2. The van der Waals surface area contributed by atoms with Crippen LogP contribution in [0.15, 0.2) is 48.5 Å². The number of hydrogen-bond donors (Lipinski definition) is 4. The van der Waals surface area contributed by atoms with Gasteiger partial charge in [0, 0.05) is 18.5 Å². The summed E-state index contributed by atoms with van der Waals surface area (Å²) < 4.78 is 11.0. The van der Waals surface area contributed by atoms with Gasteiger partial charge in [-0.05, 0) is 66.0 Å². The van der Waals surface area contributed by atoms with E-state index in [1.54, 1.807) is 84.9 Å². The fourth-order valence-corrected chi connectivity index (χ4v) is 4.77. The third-order valence-corrected chi connectivity index (χ3v) is 6.84. The number of primary amides is 1. The molecule has 0 aliphatic rings. The Morgan fingerprint density at radius 2 is 1.49 bits per heavy atom. The summed E-state index contributed by atoms with van der Waals surface area (Å²) in [5, 5.41) is 16.4. The van der Waals surface area contributed by atoms with E-state index < -0.39 is 65.5 Å². The van der Waals surface area contributed by atoms with Gasteiger partial charge in [0.25, 0.3) is 0 Å². The SMILES string of the molecule is CCCCN(C(=O)C(CC(N)=O)NC(=O)OC(C)(C)C)C(C(=O)NC(Cc1ccccc1)C(=O)OC(C)(C)C)c1cccc(C)c1O. The summed E-state index contributed by atoms with van der Waals surface area (Å²) in [6.07, 6.45) is -0.408. The van der Waals surface area contributed by atoms with E-state index in [1.165, 1.54) is 11.0 Å². The Morgan fingerprint density at radius 1 is 0.872 bits per heavy atom. The molecule has 2 aromatic carbocycles. The van der Waals surface area contributed by atoms with E-state index in [-0.39, 0.29) is 24.3 Å². The molecule has 3 atom stereocenters. The van der Waals surface area contributed by atoms with Gasteiger partial charge in [-0.1, -0.05) is 61.9 Å². The second-order valence-corrected chi connectivity index (χ2v) is 13.5. The number of phenols is 1. The molecule has 258 valence electrons. The van der Waals surface area contributed by atoms with Gasteiger partial charge >= 0.3 is 12.1 Å². The number of para-hydroxylation sites is 1. The standard InChI is InChI=1S/C35H50N4O8/c1-9-10-19-39(31(43)25(21-27(36)40)38-33(45)47-35(6,7)8)28(24-18-14-15-22(2)29(24)41)30(42)37-26(32(44)46-34(3,4)5)20-23-16-12-11-13-17-23/h11-18,25-26,28,41H,9-10,19-21H2,1-8H3,(H2,36,40)(H,37,42)(H,38,45). The van der Waals surface area contributed by atoms with Crippen molar-refractivity contribution in [1.82, 2.24) is 15.5 Å². The molecule has 4 amide bonds. The van der Waals surface area contributed by atoms with Gasteiger partial charge in [-0.15, -0.1) is 0 Å². The van der Waals surface area contributed by atoms with Crippen molar-refractivity contribution in [1.29, 1.82) is 0 Å². The summed E-state index contributed by atoms with van der Waals surface area (Å²) in [6.45, 7) is 13.6. The van der Waals surface area contributed by atoms with Crippen LogP contribution in [0, 0.1) is 6.92 Å². The fourth-order valence-electron chi connectivity index (χ4n) is 4.77. The number of unbranched alkanes of at least 4 members (excludes halogenated alkanes) is 1. The molecule has 3 unspecified atom stereocenters. The van der Waals surface area contributed by atoms with Gasteiger partial charge in [0.2, 0.25) is 17.7 Å². The number of nitrogens with one attached hydrogen (secondary N) is 2. The minimum Gasteiger partial charge on any atom is -0.507 e. The van der Waals surface area contributed by atoms with Crippen molar-refractivity contribution >= 4 is 29.8 Å². The lowest BCUT2D eigenvalue weighted by Gasteiger charge is -2.35. The summed E-state index contributed by atoms with van der Waals surface area (Å²) in [4.78, 5) is 68.2. The summed E-state index contributed by atoms with van der Waals surface area (Å²) in [7, 11) is 0. The van der Waals surface area contributed by atoms with Crippen LogP contribution in [-0.4, -0.2) is 69.6 Å². The Hall–Kier alpha value is -4.61. The minimum atomic E-state index is -1.49. The first-order valence-corrected chi connectivity index (χ1v) is 15.8. The van der Waals surface area contributed by atoms with Gasteiger partial charge in [-0.3, -0.25) is 14.4 Å². The summed E-state index contributed by atoms with van der Waals surface area (Å²) in [6, 6.07) is 9.68. The molecule has 0 aromatic heterocycles. The molecule has 0 fully saturated rings. The molecule has 0 saturated carbocycles. The highest BCUT2D eigenvalue weighted by atomic mass is 16.6. The Labute approximate surface area is 277 Å². The molecule has 0 aliphatic carbocycles. The molecule has 0 radical (unpaired) electrons. The van der Waals surface area contributed by atoms with E-state index in [2.05, 4.69) is 10.6 Å². The highest BCUT2D eigenvalue weighted by Gasteiger charge is 2.39. The Balaban J connectivity index is 2.67. The van der Waals surface area contributed by atoms with Gasteiger partial charge in [0.05, 0.1) is 6.42 Å². The number of hydrogen-bond acceptors (Lipinski definition) is 8. The van der Waals surface area contributed by atoms with Crippen LogP contribution in [0.1, 0.15) is 90.5 Å². The molecule has 12 nitrogen and oxygen atoms in total. The molecule has 12 heteroatoms. The maximum absolute atomic E-state index is 14.4. The largest absolute Gasteiger partial charge is 0.507 e. The maximum Gasteiger partial charge on any atom is 0.408 e. The summed E-state index contributed by atoms with van der Waals surface area (Å²) in [5.41, 5.74) is 4.99. The van der Waals surface area contributed by atoms with Gasteiger partial charge in [-0.2, -0.15) is 0 Å². The number of alkyl carbamates (subject to hydrolysis) is 1. The molecule has 47 heavy (non-hydrogen) atoms. The Morgan fingerprint density at radius 3 is 2.04 bits per heavy atom. The van der Waals surface area contributed by atoms with Crippen molar-refractivity contribution in [3.05, 3.63) is 65.2 Å². The average molecular weight is 655 g/mol. The number of rotatable bonds is 14. The molecule has 5 N–H and O–H groups in total. The smallest absolute Gasteiger partial charge is 0.408 e. The van der Waals surface area contributed by atoms with Crippen LogP contribution in [-0.2, 0) is 35.1 Å². The topological polar surface area (TPSA) is 177 Å². The molecule has 2 rings (SSSR count). The van der Waals surface area contributed by atoms with E-state index in [9.17, 15) is 29.1 Å². The Bertz CT molecular complexity index is 1400. The molecule has 2 aromatic rings. The van der Waals surface area contributed by atoms with Crippen LogP contribution < -0.4 is 16.4 Å². The predicted octanol–water partition coefficient (Wildman–Crippen LogP) is 4.21. The van der Waals surface area contributed by atoms with E-state index in [4.69, 9.17) is 15.2 Å². The van der Waals surface area contributed by atoms with Crippen LogP contribution in [0.25, 0.3) is 0 Å². The van der Waals surface area contributed by atoms with E-state index >= 15 is 0 Å². The summed E-state index contributed by atoms with van der Waals surface area (Å²) in [5.74, 6) is -3.38. The third kappa shape index (κ3) is 12.6. The highest BCUT2D eigenvalue weighted by molar-refractivity contribution is 5.96. The zero-order chi connectivity index (χ0) is 35.5. The zero-order valence-corrected chi connectivity index (χ0v) is 28.7. The van der Waals surface area contributed by atoms with Crippen LogP contribution in [0.4, 0.5) is 4.79 Å². The normalized spacial score (nSPS) is 13.4. The number of benzene rings is 2. The zero-order valence-electron chi connectivity index (χ0n) is 28.7. The van der Waals surface area contributed by atoms with Gasteiger partial charge in [-0.25, -0.2) is 9.59 Å². The van der Waals surface area contributed by atoms with Gasteiger partial charge < -0.3 is 35.8 Å². The number of aromatic hydroxyl groups is 1. The van der Waals surface area contributed by atoms with Crippen molar-refractivity contribution in [3.63, 3.8) is 0 Å². The van der Waals surface area contributed by atoms with Crippen molar-refractivity contribution in [3.8, 4) is 5.75 Å². The quantitative estimate of drug-likeness (QED) is 0.219. The molecular weight excluding hydrogens is 604 g/mol. The lowest BCUT2D eigenvalue weighted by atomic mass is 9.97. The predicted molar refractivity (Wildman–Crippen MR) is 177 cm³/mol. The van der Waals surface area contributed by atoms with E-state index in [0.717, 1.165) is 5.56 Å². The van der Waals surface area contributed by atoms with E-state index in [0.29, 0.717) is 18.4 Å². The molecule has 0 spiro atoms. The van der Waals surface area contributed by atoms with Crippen LogP contribution in [0.3, 0.4) is 0 Å². The molecule has 0 bridgehead atoms. The van der Waals surface area contributed by atoms with Crippen LogP contribution in [0.5, 0.6) is 5.75 Å². The lowest BCUT2D eigenvalue weighted by molar-refractivity contribution is -0.159. The number of esters is 1. The number of carbonyl (C=O) groups excluding carboxylic acids is 5. The second-order valence-electron chi connectivity index (χ2n) is 13.5. The first kappa shape index (κ1) is 38.6. The van der Waals surface area contributed by atoms with Gasteiger partial charge in [0.1, 0.15) is 35.1 Å². The highest BCUT2D eigenvalue weighted by Crippen LogP contribution is 2.33. The second kappa shape index (κ2) is 16.8. The first-order valence-electron chi connectivity index (χ1n) is 15.8. The van der Waals surface area contributed by atoms with Crippen molar-refractivity contribution < 1.29 is 38.6 Å². The molecule has 0 saturated heterocycles. The Kier molecular flexibility index (Phi) is 13.8. The molecular formula is C35H50N4O8. The number of nitrogens with two attached hydrogens (primary N) is 1. The molecule has 0 heterocycles. The first-order chi connectivity index (χ1) is 21.8. The number of aryl methyl sites for hydroxylation is 1. The number of nitrogens with zero attached hydrogens (tertiary/aromatic N) is 1. The van der Waals surface area contributed by atoms with Crippen molar-refractivity contribution in [2.45, 2.75) is 110 Å². The monoisotopic (exact) mass is 654 g/mol. The fraction of sp³-hybridized carbons (Fsp3) is 0.514. The minimum absolute atomic E-state index is 0.00184. The number of amides is 4. The van der Waals surface area contributed by atoms with Crippen molar-refractivity contribution in [2.24, 2.45) is 5.73 Å². The number of carbonyl (C=O) groups is 5. The number of phenolic OH excluding ortho intramolecular Hbond substituents is 1. The lowest BCUT2D eigenvalue weighted by Crippen LogP contribution is -2.55. The van der Waals surface area contributed by atoms with Crippen molar-refractivity contribution in [2.75, 3.05) is 6.54 Å². The maximum atomic E-state index is 14.4. The van der Waals surface area contributed by atoms with Crippen LogP contribution >= 0.6 is 0 Å². The molecule has 0 aliphatic heterocycles. The third-order valence-electron chi connectivity index (χ3n) is 6.84. The average Bonchev–Trinajstić information content (AvgIpc) is 2.94. The van der Waals surface area contributed by atoms with Gasteiger partial charge in [0.15, 0.2) is 0 Å².